The summed E-state index contributed by atoms with van der Waals surface area (Å²) in [6.07, 6.45) is 3.19. The first-order valence-corrected chi connectivity index (χ1v) is 7.05. The quantitative estimate of drug-likeness (QED) is 0.728. The number of primary amides is 1. The standard InChI is InChI=1S/C13H19N5O3/c14-13(20)10-5-15-18(6-10)11-7-16(8-11)1-2-17-3-4-21-9-12(17)19/h5-6,11H,1-4,7-9H2,(H2,14,20). The number of rotatable bonds is 5. The van der Waals surface area contributed by atoms with Crippen LogP contribution in [0.2, 0.25) is 0 Å². The molecule has 0 aliphatic carbocycles. The summed E-state index contributed by atoms with van der Waals surface area (Å²) < 4.78 is 6.89. The van der Waals surface area contributed by atoms with E-state index >= 15 is 0 Å². The maximum atomic E-state index is 11.6. The third-order valence-corrected chi connectivity index (χ3v) is 3.97. The number of aromatic nitrogens is 2. The number of morpholine rings is 1. The third kappa shape index (κ3) is 3.06. The number of carbonyl (C=O) groups is 2. The minimum atomic E-state index is -0.455. The number of amides is 2. The molecule has 0 bridgehead atoms. The Morgan fingerprint density at radius 2 is 2.24 bits per heavy atom. The summed E-state index contributed by atoms with van der Waals surface area (Å²) in [4.78, 5) is 26.7. The van der Waals surface area contributed by atoms with Crippen molar-refractivity contribution in [1.29, 1.82) is 0 Å². The van der Waals surface area contributed by atoms with Gasteiger partial charge in [0.2, 0.25) is 5.91 Å². The average Bonchev–Trinajstić information content (AvgIpc) is 2.88. The van der Waals surface area contributed by atoms with E-state index in [0.717, 1.165) is 26.2 Å². The molecule has 1 aromatic rings. The molecule has 0 aromatic carbocycles. The molecule has 114 valence electrons. The normalized spacial score (nSPS) is 20.6. The molecule has 8 heteroatoms. The highest BCUT2D eigenvalue weighted by atomic mass is 16.5. The molecule has 2 saturated heterocycles. The molecular formula is C13H19N5O3. The van der Waals surface area contributed by atoms with E-state index in [9.17, 15) is 9.59 Å². The Bertz CT molecular complexity index is 538. The van der Waals surface area contributed by atoms with Gasteiger partial charge < -0.3 is 15.4 Å². The van der Waals surface area contributed by atoms with Gasteiger partial charge in [-0.05, 0) is 0 Å². The number of carbonyl (C=O) groups excluding carboxylic acids is 2. The lowest BCUT2D eigenvalue weighted by Crippen LogP contribution is -2.52. The van der Waals surface area contributed by atoms with E-state index in [1.54, 1.807) is 10.9 Å². The van der Waals surface area contributed by atoms with Crippen molar-refractivity contribution in [1.82, 2.24) is 19.6 Å². The summed E-state index contributed by atoms with van der Waals surface area (Å²) in [5, 5.41) is 4.16. The Morgan fingerprint density at radius 1 is 1.43 bits per heavy atom. The molecule has 0 unspecified atom stereocenters. The van der Waals surface area contributed by atoms with Crippen molar-refractivity contribution in [2.24, 2.45) is 5.73 Å². The highest BCUT2D eigenvalue weighted by molar-refractivity contribution is 5.92. The fraction of sp³-hybridized carbons (Fsp3) is 0.615. The Hall–Kier alpha value is -1.93. The first-order chi connectivity index (χ1) is 10.1. The van der Waals surface area contributed by atoms with Crippen LogP contribution in [0.3, 0.4) is 0 Å². The van der Waals surface area contributed by atoms with Gasteiger partial charge in [-0.3, -0.25) is 19.2 Å². The number of nitrogens with zero attached hydrogens (tertiary/aromatic N) is 4. The van der Waals surface area contributed by atoms with Crippen LogP contribution in [0.25, 0.3) is 0 Å². The topological polar surface area (TPSA) is 93.7 Å². The molecule has 8 nitrogen and oxygen atoms in total. The highest BCUT2D eigenvalue weighted by Gasteiger charge is 2.29. The first-order valence-electron chi connectivity index (χ1n) is 7.05. The van der Waals surface area contributed by atoms with Crippen LogP contribution in [0.1, 0.15) is 16.4 Å². The van der Waals surface area contributed by atoms with Crippen LogP contribution < -0.4 is 5.73 Å². The zero-order valence-corrected chi connectivity index (χ0v) is 11.8. The SMILES string of the molecule is NC(=O)c1cnn(C2CN(CCN3CCOCC3=O)C2)c1. The molecule has 0 radical (unpaired) electrons. The lowest BCUT2D eigenvalue weighted by Gasteiger charge is -2.40. The van der Waals surface area contributed by atoms with Crippen molar-refractivity contribution < 1.29 is 14.3 Å². The molecule has 2 N–H and O–H groups in total. The van der Waals surface area contributed by atoms with Gasteiger partial charge in [-0.25, -0.2) is 0 Å². The summed E-state index contributed by atoms with van der Waals surface area (Å²) >= 11 is 0. The third-order valence-electron chi connectivity index (χ3n) is 3.97. The molecular weight excluding hydrogens is 274 g/mol. The van der Waals surface area contributed by atoms with Crippen molar-refractivity contribution in [3.05, 3.63) is 18.0 Å². The number of hydrogen-bond acceptors (Lipinski definition) is 5. The van der Waals surface area contributed by atoms with Crippen LogP contribution in [0.15, 0.2) is 12.4 Å². The smallest absolute Gasteiger partial charge is 0.251 e. The van der Waals surface area contributed by atoms with Gasteiger partial charge in [-0.1, -0.05) is 0 Å². The Labute approximate surface area is 122 Å². The molecule has 0 spiro atoms. The second-order valence-electron chi connectivity index (χ2n) is 5.42. The van der Waals surface area contributed by atoms with Gasteiger partial charge in [-0.2, -0.15) is 5.10 Å². The van der Waals surface area contributed by atoms with Crippen molar-refractivity contribution >= 4 is 11.8 Å². The summed E-state index contributed by atoms with van der Waals surface area (Å²) in [6, 6.07) is 0.276. The predicted molar refractivity (Wildman–Crippen MR) is 73.6 cm³/mol. The summed E-state index contributed by atoms with van der Waals surface area (Å²) in [7, 11) is 0. The van der Waals surface area contributed by atoms with E-state index in [-0.39, 0.29) is 18.6 Å². The van der Waals surface area contributed by atoms with Gasteiger partial charge in [0.1, 0.15) is 6.61 Å². The van der Waals surface area contributed by atoms with E-state index < -0.39 is 5.91 Å². The number of ether oxygens (including phenoxy) is 1. The molecule has 3 heterocycles. The zero-order chi connectivity index (χ0) is 14.8. The molecule has 0 saturated carbocycles. The van der Waals surface area contributed by atoms with Crippen LogP contribution in [0.4, 0.5) is 0 Å². The number of likely N-dealkylation sites (tertiary alicyclic amines) is 1. The van der Waals surface area contributed by atoms with Crippen LogP contribution in [0.5, 0.6) is 0 Å². The summed E-state index contributed by atoms with van der Waals surface area (Å²) in [5.41, 5.74) is 5.64. The van der Waals surface area contributed by atoms with Crippen molar-refractivity contribution in [2.75, 3.05) is 45.9 Å². The van der Waals surface area contributed by atoms with Gasteiger partial charge >= 0.3 is 0 Å². The average molecular weight is 293 g/mol. The van der Waals surface area contributed by atoms with Crippen molar-refractivity contribution in [2.45, 2.75) is 6.04 Å². The molecule has 3 rings (SSSR count). The lowest BCUT2D eigenvalue weighted by molar-refractivity contribution is -0.143. The second-order valence-corrected chi connectivity index (χ2v) is 5.42. The van der Waals surface area contributed by atoms with Crippen molar-refractivity contribution in [3.8, 4) is 0 Å². The van der Waals surface area contributed by atoms with Gasteiger partial charge in [0.05, 0.1) is 24.4 Å². The molecule has 21 heavy (non-hydrogen) atoms. The van der Waals surface area contributed by atoms with E-state index in [2.05, 4.69) is 10.00 Å². The Balaban J connectivity index is 1.43. The number of nitrogens with two attached hydrogens (primary N) is 1. The zero-order valence-electron chi connectivity index (χ0n) is 11.8. The fourth-order valence-electron chi connectivity index (χ4n) is 2.61. The van der Waals surface area contributed by atoms with E-state index in [4.69, 9.17) is 10.5 Å². The summed E-state index contributed by atoms with van der Waals surface area (Å²) in [5.74, 6) is -0.389. The predicted octanol–water partition coefficient (Wildman–Crippen LogP) is -1.30. The molecule has 2 amide bonds. The maximum absolute atomic E-state index is 11.6. The van der Waals surface area contributed by atoms with Gasteiger partial charge in [0.25, 0.3) is 5.91 Å². The minimum Gasteiger partial charge on any atom is -0.370 e. The molecule has 0 atom stereocenters. The van der Waals surface area contributed by atoms with E-state index in [0.29, 0.717) is 18.7 Å². The molecule has 2 aliphatic heterocycles. The van der Waals surface area contributed by atoms with Gasteiger partial charge in [0.15, 0.2) is 0 Å². The van der Waals surface area contributed by atoms with E-state index in [1.807, 2.05) is 4.90 Å². The van der Waals surface area contributed by atoms with Crippen molar-refractivity contribution in [3.63, 3.8) is 0 Å². The first kappa shape index (κ1) is 14.0. The summed E-state index contributed by atoms with van der Waals surface area (Å²) in [6.45, 7) is 4.84. The van der Waals surface area contributed by atoms with Crippen LogP contribution in [-0.4, -0.2) is 77.3 Å². The molecule has 2 fully saturated rings. The van der Waals surface area contributed by atoms with Gasteiger partial charge in [0, 0.05) is 38.9 Å². The van der Waals surface area contributed by atoms with E-state index in [1.165, 1.54) is 6.20 Å². The van der Waals surface area contributed by atoms with Gasteiger partial charge in [-0.15, -0.1) is 0 Å². The second kappa shape index (κ2) is 5.82. The Kier molecular flexibility index (Phi) is 3.89. The maximum Gasteiger partial charge on any atom is 0.251 e. The largest absolute Gasteiger partial charge is 0.370 e. The van der Waals surface area contributed by atoms with Crippen LogP contribution in [-0.2, 0) is 9.53 Å². The monoisotopic (exact) mass is 293 g/mol. The minimum absolute atomic E-state index is 0.0662. The molecule has 2 aliphatic rings. The van der Waals surface area contributed by atoms with Crippen LogP contribution in [0, 0.1) is 0 Å². The number of hydrogen-bond donors (Lipinski definition) is 1. The van der Waals surface area contributed by atoms with Crippen LogP contribution >= 0.6 is 0 Å². The fourth-order valence-corrected chi connectivity index (χ4v) is 2.61. The lowest BCUT2D eigenvalue weighted by atomic mass is 10.1. The molecule has 1 aromatic heterocycles. The Morgan fingerprint density at radius 3 is 2.90 bits per heavy atom. The highest BCUT2D eigenvalue weighted by Crippen LogP contribution is 2.20.